The highest BCUT2D eigenvalue weighted by atomic mass is 16.5. The lowest BCUT2D eigenvalue weighted by atomic mass is 10.1. The highest BCUT2D eigenvalue weighted by molar-refractivity contribution is 6.04. The van der Waals surface area contributed by atoms with Crippen molar-refractivity contribution in [2.24, 2.45) is 0 Å². The largest absolute Gasteiger partial charge is 0.497 e. The number of methoxy groups -OCH3 is 1. The highest BCUT2D eigenvalue weighted by Crippen LogP contribution is 2.14. The van der Waals surface area contributed by atoms with Crippen LogP contribution in [0.15, 0.2) is 72.9 Å². The Labute approximate surface area is 153 Å². The predicted molar refractivity (Wildman–Crippen MR) is 104 cm³/mol. The molecule has 1 heterocycles. The molecule has 3 rings (SSSR count). The van der Waals surface area contributed by atoms with Crippen molar-refractivity contribution in [1.29, 1.82) is 0 Å². The van der Waals surface area contributed by atoms with E-state index in [1.165, 1.54) is 5.56 Å². The second kappa shape index (κ2) is 8.67. The van der Waals surface area contributed by atoms with Crippen LogP contribution in [0.5, 0.6) is 5.75 Å². The number of rotatable bonds is 7. The molecular formula is C21H21N3O2. The summed E-state index contributed by atoms with van der Waals surface area (Å²) in [7, 11) is 1.66. The maximum absolute atomic E-state index is 12.2. The normalized spacial score (nSPS) is 10.2. The lowest BCUT2D eigenvalue weighted by molar-refractivity contribution is 0.102. The maximum atomic E-state index is 12.2. The van der Waals surface area contributed by atoms with E-state index in [1.54, 1.807) is 19.4 Å². The summed E-state index contributed by atoms with van der Waals surface area (Å²) in [6.07, 6.45) is 2.43. The SMILES string of the molecule is COc1cccc(CCNc2ccc(C(=O)Nc3ccccc3)cn2)c1. The minimum Gasteiger partial charge on any atom is -0.497 e. The Morgan fingerprint density at radius 2 is 1.88 bits per heavy atom. The van der Waals surface area contributed by atoms with E-state index in [0.29, 0.717) is 5.56 Å². The number of amides is 1. The Hall–Kier alpha value is -3.34. The van der Waals surface area contributed by atoms with Crippen molar-refractivity contribution in [3.05, 3.63) is 84.1 Å². The number of ether oxygens (including phenoxy) is 1. The van der Waals surface area contributed by atoms with E-state index in [0.717, 1.165) is 30.2 Å². The molecule has 5 heteroatoms. The van der Waals surface area contributed by atoms with Crippen LogP contribution in [0.4, 0.5) is 11.5 Å². The number of hydrogen-bond donors (Lipinski definition) is 2. The monoisotopic (exact) mass is 347 g/mol. The van der Waals surface area contributed by atoms with E-state index in [1.807, 2.05) is 54.6 Å². The number of carbonyl (C=O) groups is 1. The molecule has 0 spiro atoms. The van der Waals surface area contributed by atoms with Gasteiger partial charge in [0.15, 0.2) is 0 Å². The van der Waals surface area contributed by atoms with Gasteiger partial charge in [-0.25, -0.2) is 4.98 Å². The molecule has 0 fully saturated rings. The van der Waals surface area contributed by atoms with E-state index < -0.39 is 0 Å². The first-order valence-corrected chi connectivity index (χ1v) is 8.44. The Kier molecular flexibility index (Phi) is 5.83. The molecule has 2 aromatic carbocycles. The van der Waals surface area contributed by atoms with Gasteiger partial charge in [0.1, 0.15) is 11.6 Å². The number of anilines is 2. The molecule has 0 bridgehead atoms. The average Bonchev–Trinajstić information content (AvgIpc) is 2.69. The predicted octanol–water partition coefficient (Wildman–Crippen LogP) is 4.00. The average molecular weight is 347 g/mol. The Balaban J connectivity index is 1.51. The van der Waals surface area contributed by atoms with E-state index >= 15 is 0 Å². The van der Waals surface area contributed by atoms with Gasteiger partial charge in [-0.05, 0) is 48.4 Å². The third-order valence-electron chi connectivity index (χ3n) is 3.91. The zero-order valence-electron chi connectivity index (χ0n) is 14.6. The van der Waals surface area contributed by atoms with Gasteiger partial charge in [0.25, 0.3) is 5.91 Å². The fraction of sp³-hybridized carbons (Fsp3) is 0.143. The number of carbonyl (C=O) groups excluding carboxylic acids is 1. The number of benzene rings is 2. The zero-order valence-corrected chi connectivity index (χ0v) is 14.6. The van der Waals surface area contributed by atoms with Crippen molar-refractivity contribution < 1.29 is 9.53 Å². The molecule has 0 aliphatic carbocycles. The first kappa shape index (κ1) is 17.5. The highest BCUT2D eigenvalue weighted by Gasteiger charge is 2.06. The molecule has 1 amide bonds. The van der Waals surface area contributed by atoms with Gasteiger partial charge in [-0.2, -0.15) is 0 Å². The molecule has 0 aliphatic heterocycles. The molecular weight excluding hydrogens is 326 g/mol. The standard InChI is InChI=1S/C21H21N3O2/c1-26-19-9-5-6-16(14-19)12-13-22-20-11-10-17(15-23-20)21(25)24-18-7-3-2-4-8-18/h2-11,14-15H,12-13H2,1H3,(H,22,23)(H,24,25). The number of aromatic nitrogens is 1. The first-order chi connectivity index (χ1) is 12.7. The molecule has 0 aliphatic rings. The van der Waals surface area contributed by atoms with Gasteiger partial charge in [0.05, 0.1) is 12.7 Å². The third-order valence-corrected chi connectivity index (χ3v) is 3.91. The molecule has 3 aromatic rings. The molecule has 2 N–H and O–H groups in total. The number of nitrogens with zero attached hydrogens (tertiary/aromatic N) is 1. The summed E-state index contributed by atoms with van der Waals surface area (Å²) in [5, 5.41) is 6.10. The van der Waals surface area contributed by atoms with Gasteiger partial charge in [-0.1, -0.05) is 30.3 Å². The quantitative estimate of drug-likeness (QED) is 0.678. The molecule has 1 aromatic heterocycles. The van der Waals surface area contributed by atoms with Crippen LogP contribution >= 0.6 is 0 Å². The summed E-state index contributed by atoms with van der Waals surface area (Å²) in [6, 6.07) is 20.9. The Morgan fingerprint density at radius 1 is 1.04 bits per heavy atom. The number of pyridine rings is 1. The minimum absolute atomic E-state index is 0.174. The lowest BCUT2D eigenvalue weighted by Gasteiger charge is -2.08. The Bertz CT molecular complexity index is 849. The molecule has 0 saturated heterocycles. The van der Waals surface area contributed by atoms with Crippen LogP contribution in [0.25, 0.3) is 0 Å². The zero-order chi connectivity index (χ0) is 18.2. The van der Waals surface area contributed by atoms with Crippen molar-refractivity contribution in [2.45, 2.75) is 6.42 Å². The van der Waals surface area contributed by atoms with Crippen LogP contribution in [0.1, 0.15) is 15.9 Å². The van der Waals surface area contributed by atoms with Crippen LogP contribution in [0, 0.1) is 0 Å². The molecule has 0 unspecified atom stereocenters. The van der Waals surface area contributed by atoms with Gasteiger partial charge in [-0.3, -0.25) is 4.79 Å². The van der Waals surface area contributed by atoms with Gasteiger partial charge in [-0.15, -0.1) is 0 Å². The number of para-hydroxylation sites is 1. The van der Waals surface area contributed by atoms with Crippen molar-refractivity contribution in [2.75, 3.05) is 24.3 Å². The Morgan fingerprint density at radius 3 is 2.62 bits per heavy atom. The van der Waals surface area contributed by atoms with Gasteiger partial charge in [0.2, 0.25) is 0 Å². The maximum Gasteiger partial charge on any atom is 0.257 e. The smallest absolute Gasteiger partial charge is 0.257 e. The lowest BCUT2D eigenvalue weighted by Crippen LogP contribution is -2.13. The third kappa shape index (κ3) is 4.83. The summed E-state index contributed by atoms with van der Waals surface area (Å²) >= 11 is 0. The number of hydrogen-bond acceptors (Lipinski definition) is 4. The van der Waals surface area contributed by atoms with E-state index in [2.05, 4.69) is 21.7 Å². The van der Waals surface area contributed by atoms with Crippen LogP contribution in [-0.4, -0.2) is 24.5 Å². The van der Waals surface area contributed by atoms with E-state index in [9.17, 15) is 4.79 Å². The second-order valence-corrected chi connectivity index (χ2v) is 5.78. The second-order valence-electron chi connectivity index (χ2n) is 5.78. The van der Waals surface area contributed by atoms with Gasteiger partial charge in [0, 0.05) is 18.4 Å². The first-order valence-electron chi connectivity index (χ1n) is 8.44. The van der Waals surface area contributed by atoms with Crippen LogP contribution in [0.2, 0.25) is 0 Å². The fourth-order valence-electron chi connectivity index (χ4n) is 2.52. The van der Waals surface area contributed by atoms with Crippen LogP contribution < -0.4 is 15.4 Å². The van der Waals surface area contributed by atoms with Crippen LogP contribution in [0.3, 0.4) is 0 Å². The number of nitrogens with one attached hydrogen (secondary N) is 2. The van der Waals surface area contributed by atoms with Gasteiger partial charge >= 0.3 is 0 Å². The summed E-state index contributed by atoms with van der Waals surface area (Å²) < 4.78 is 5.23. The van der Waals surface area contributed by atoms with Crippen molar-refractivity contribution in [1.82, 2.24) is 4.98 Å². The van der Waals surface area contributed by atoms with E-state index in [-0.39, 0.29) is 5.91 Å². The summed E-state index contributed by atoms with van der Waals surface area (Å²) in [4.78, 5) is 16.5. The van der Waals surface area contributed by atoms with Crippen molar-refractivity contribution >= 4 is 17.4 Å². The minimum atomic E-state index is -0.174. The van der Waals surface area contributed by atoms with Crippen molar-refractivity contribution in [3.63, 3.8) is 0 Å². The summed E-state index contributed by atoms with van der Waals surface area (Å²) in [5.41, 5.74) is 2.47. The molecule has 0 saturated carbocycles. The fourth-order valence-corrected chi connectivity index (χ4v) is 2.52. The molecule has 0 atom stereocenters. The van der Waals surface area contributed by atoms with Gasteiger partial charge < -0.3 is 15.4 Å². The topological polar surface area (TPSA) is 63.2 Å². The van der Waals surface area contributed by atoms with Crippen LogP contribution in [-0.2, 0) is 6.42 Å². The molecule has 0 radical (unpaired) electrons. The molecule has 26 heavy (non-hydrogen) atoms. The molecule has 132 valence electrons. The summed E-state index contributed by atoms with van der Waals surface area (Å²) in [5.74, 6) is 1.42. The van der Waals surface area contributed by atoms with Crippen molar-refractivity contribution in [3.8, 4) is 5.75 Å². The summed E-state index contributed by atoms with van der Waals surface area (Å²) in [6.45, 7) is 0.746. The van der Waals surface area contributed by atoms with E-state index in [4.69, 9.17) is 4.74 Å². The molecule has 5 nitrogen and oxygen atoms in total.